The molecule has 11 aromatic rings. The van der Waals surface area contributed by atoms with Crippen LogP contribution in [0.15, 0.2) is 189 Å². The van der Waals surface area contributed by atoms with Gasteiger partial charge in [0.25, 0.3) is 34.6 Å². The number of pyridine rings is 4. The molecule has 9 heterocycles. The summed E-state index contributed by atoms with van der Waals surface area (Å²) >= 11 is 3.30. The summed E-state index contributed by atoms with van der Waals surface area (Å²) in [7, 11) is -0.354. The number of carbonyl (C=O) groups is 6. The van der Waals surface area contributed by atoms with Crippen molar-refractivity contribution < 1.29 is 107 Å². The van der Waals surface area contributed by atoms with Crippen LogP contribution in [0.1, 0.15) is 119 Å². The first kappa shape index (κ1) is 107. The Morgan fingerprint density at radius 3 is 1.40 bits per heavy atom. The minimum absolute atomic E-state index is 0.0108. The molecule has 0 fully saturated rings. The van der Waals surface area contributed by atoms with Crippen molar-refractivity contribution in [3.63, 3.8) is 0 Å². The van der Waals surface area contributed by atoms with Gasteiger partial charge in [-0.3, -0.25) is 70.4 Å². The van der Waals surface area contributed by atoms with Crippen LogP contribution < -0.4 is 53.5 Å². The number of nitro benzene ring substituents is 4. The fraction of sp³-hybridized carbons (Fsp3) is 0.299. The molecule has 4 aromatic heterocycles. The van der Waals surface area contributed by atoms with E-state index < -0.39 is 63.9 Å². The van der Waals surface area contributed by atoms with E-state index >= 15 is 0 Å². The van der Waals surface area contributed by atoms with Gasteiger partial charge in [-0.2, -0.15) is 0 Å². The zero-order chi connectivity index (χ0) is 103. The van der Waals surface area contributed by atoms with Crippen LogP contribution in [-0.4, -0.2) is 165 Å². The van der Waals surface area contributed by atoms with Gasteiger partial charge < -0.3 is 77.7 Å². The summed E-state index contributed by atoms with van der Waals surface area (Å²) in [6.45, 7) is 27.5. The third-order valence-corrected chi connectivity index (χ3v) is 32.0. The number of aliphatic hydroxyl groups excluding tert-OH is 1. The average Bonchev–Trinajstić information content (AvgIpc) is 1.65. The van der Waals surface area contributed by atoms with Gasteiger partial charge in [-0.25, -0.2) is 34.3 Å². The Balaban J connectivity index is 0.000000178. The Labute approximate surface area is 821 Å². The minimum atomic E-state index is -1.96. The van der Waals surface area contributed by atoms with Gasteiger partial charge in [0.2, 0.25) is 16.6 Å². The number of nitrogens with one attached hydrogen (secondary N) is 2. The quantitative estimate of drug-likeness (QED) is 0.0103. The first-order chi connectivity index (χ1) is 66.9. The molecule has 0 aliphatic carbocycles. The van der Waals surface area contributed by atoms with Crippen LogP contribution in [0.3, 0.4) is 0 Å². The smallest absolute Gasteiger partial charge is 0.415 e. The Hall–Kier alpha value is -16.0. The van der Waals surface area contributed by atoms with E-state index in [0.717, 1.165) is 27.3 Å². The largest absolute Gasteiger partial charge is 0.543 e. The number of ether oxygens (including phenoxy) is 5. The molecule has 5 aliphatic heterocycles. The molecule has 0 saturated carbocycles. The highest BCUT2D eigenvalue weighted by molar-refractivity contribution is 9.08. The van der Waals surface area contributed by atoms with E-state index in [-0.39, 0.29) is 98.7 Å². The highest BCUT2D eigenvalue weighted by Gasteiger charge is 2.41. The first-order valence-corrected chi connectivity index (χ1v) is 51.1. The van der Waals surface area contributed by atoms with Crippen LogP contribution >= 0.6 is 15.9 Å². The van der Waals surface area contributed by atoms with Gasteiger partial charge in [0, 0.05) is 94.4 Å². The summed E-state index contributed by atoms with van der Waals surface area (Å²) in [6, 6.07) is 44.7. The normalized spacial score (nSPS) is 13.0. The number of carboxylic acid groups (broad SMARTS) is 1. The lowest BCUT2D eigenvalue weighted by molar-refractivity contribution is -0.386. The molecule has 0 saturated heterocycles. The third-order valence-electron chi connectivity index (χ3n) is 23.6. The molecule has 0 unspecified atom stereocenters. The predicted molar refractivity (Wildman–Crippen MR) is 535 cm³/mol. The van der Waals surface area contributed by atoms with E-state index in [9.17, 15) is 74.3 Å². The lowest BCUT2D eigenvalue weighted by atomic mass is 10.1. The number of aromatic hydroxyl groups is 3. The molecule has 44 heteroatoms. The maximum Gasteiger partial charge on any atom is 0.415 e. The number of rotatable bonds is 23. The summed E-state index contributed by atoms with van der Waals surface area (Å²) in [5.74, 6) is 3.36. The van der Waals surface area contributed by atoms with Gasteiger partial charge in [-0.1, -0.05) is 93.0 Å². The van der Waals surface area contributed by atoms with Crippen molar-refractivity contribution in [1.82, 2.24) is 19.9 Å². The number of fused-ring (bicyclic) bond motifs is 7. The summed E-state index contributed by atoms with van der Waals surface area (Å²) in [5.41, 5.74) is 9.78. The van der Waals surface area contributed by atoms with Crippen molar-refractivity contribution in [3.05, 3.63) is 290 Å². The van der Waals surface area contributed by atoms with Crippen molar-refractivity contribution in [2.24, 2.45) is 0 Å². The molecule has 0 atom stereocenters. The van der Waals surface area contributed by atoms with Crippen molar-refractivity contribution >= 4 is 143 Å². The molecule has 0 spiro atoms. The Bertz CT molecular complexity index is 6510. The van der Waals surface area contributed by atoms with E-state index in [1.807, 2.05) is 78.2 Å². The fourth-order valence-electron chi connectivity index (χ4n) is 14.1. The molecule has 0 radical (unpaired) electrons. The number of aliphatic hydroxyl groups is 1. The molecule has 5 aliphatic rings. The van der Waals surface area contributed by atoms with Gasteiger partial charge in [0.1, 0.15) is 78.2 Å². The number of hydrogen-bond donors (Lipinski definition) is 7. The number of aromatic nitrogens is 4. The Morgan fingerprint density at radius 2 is 0.929 bits per heavy atom. The molecule has 141 heavy (non-hydrogen) atoms. The summed E-state index contributed by atoms with van der Waals surface area (Å²) in [4.78, 5) is 139. The number of aliphatic carboxylic acids is 1. The van der Waals surface area contributed by atoms with Gasteiger partial charge in [-0.15, -0.1) is 0 Å². The minimum Gasteiger partial charge on any atom is -0.543 e. The predicted octanol–water partition coefficient (Wildman–Crippen LogP) is 19.9. The molecule has 0 bridgehead atoms. The average molecular weight is 2040 g/mol. The van der Waals surface area contributed by atoms with Crippen LogP contribution in [0.5, 0.6) is 40.2 Å². The molecule has 16 rings (SSSR count). The van der Waals surface area contributed by atoms with Crippen molar-refractivity contribution in [2.75, 3.05) is 82.1 Å². The van der Waals surface area contributed by atoms with Crippen LogP contribution in [0.4, 0.5) is 88.8 Å². The number of anilines is 9. The third kappa shape index (κ3) is 26.1. The number of phenols is 3. The van der Waals surface area contributed by atoms with Crippen LogP contribution in [0, 0.1) is 54.3 Å². The fourth-order valence-corrected chi connectivity index (χ4v) is 16.8. The molecule has 41 nitrogen and oxygen atoms in total. The van der Waals surface area contributed by atoms with E-state index in [0.29, 0.717) is 151 Å². The molecule has 7 N–H and O–H groups in total. The van der Waals surface area contributed by atoms with Gasteiger partial charge in [-0.05, 0) is 173 Å². The van der Waals surface area contributed by atoms with Crippen LogP contribution in [0.25, 0.3) is 0 Å². The van der Waals surface area contributed by atoms with Crippen LogP contribution in [0.2, 0.25) is 36.8 Å². The molecule has 742 valence electrons. The first-order valence-electron chi connectivity index (χ1n) is 44.1. The number of nitrogens with zero attached hydrogens (tertiary/aromatic N) is 13. The number of phenolic OH excluding ortho intramolecular Hbond substituents is 2. The van der Waals surface area contributed by atoms with Crippen LogP contribution in [-0.2, 0) is 63.6 Å². The molecular formula is C97H108BrN15O26Si2. The van der Waals surface area contributed by atoms with E-state index in [2.05, 4.69) is 112 Å². The van der Waals surface area contributed by atoms with Crippen molar-refractivity contribution in [2.45, 2.75) is 144 Å². The van der Waals surface area contributed by atoms with Gasteiger partial charge in [0.15, 0.2) is 11.6 Å². The molecule has 7 aromatic carbocycles. The number of alkyl halides is 1. The SMILES string of the molecule is CC(C)[Si](C)(C)Oc1cccc([N+](=O)[O-])c1CBr.CCN1c2ncc(CCOc3cccc4c3COC(=O)N4)cc2C(=O)N(C)c2cccnc21.CCN1c2ncc(CCOc3cccc4c3COC(=O)N4CC(=O)O)cc2C(=O)N(C)c2cccnc21.Cc1c(O)cccc1[N+](=O)[O-].Cc1c(O[Si](C)(C)C(C)(C)C)cccc1[N+](=O)[O-].O=C1Nc2cccc(O)c2CO1.O=[N+]([O-])c1cccc(O)c1CO. The number of halogens is 1. The summed E-state index contributed by atoms with van der Waals surface area (Å²) in [5, 5.41) is 93.4. The molecule has 5 amide bonds. The second-order valence-corrected chi connectivity index (χ2v) is 44.1. The maximum absolute atomic E-state index is 13.3. The Kier molecular flexibility index (Phi) is 36.0. The maximum atomic E-state index is 13.3. The number of nitro groups is 4. The highest BCUT2D eigenvalue weighted by atomic mass is 79.9. The number of carboxylic acids is 1. The second kappa shape index (κ2) is 47.4. The van der Waals surface area contributed by atoms with Crippen molar-refractivity contribution in [3.8, 4) is 40.2 Å². The van der Waals surface area contributed by atoms with Gasteiger partial charge >= 0.3 is 24.2 Å². The summed E-state index contributed by atoms with van der Waals surface area (Å²) in [6.07, 6.45) is 6.28. The van der Waals surface area contributed by atoms with E-state index in [4.69, 9.17) is 48.2 Å². The number of carbonyl (C=O) groups excluding carboxylic acids is 5. The number of amides is 5. The Morgan fingerprint density at radius 1 is 0.511 bits per heavy atom. The lowest BCUT2D eigenvalue weighted by Crippen LogP contribution is -2.44. The van der Waals surface area contributed by atoms with Gasteiger partial charge in [0.05, 0.1) is 118 Å². The number of benzene rings is 7. The second-order valence-electron chi connectivity index (χ2n) is 34.2. The zero-order valence-electron chi connectivity index (χ0n) is 80.0. The monoisotopic (exact) mass is 2030 g/mol. The topological polar surface area (TPSA) is 533 Å². The lowest BCUT2D eigenvalue weighted by Gasteiger charge is -2.36. The van der Waals surface area contributed by atoms with Crippen molar-refractivity contribution in [1.29, 1.82) is 0 Å². The number of cyclic esters (lactones) is 3. The van der Waals surface area contributed by atoms with E-state index in [1.54, 1.807) is 116 Å². The summed E-state index contributed by atoms with van der Waals surface area (Å²) < 4.78 is 39.1. The number of hydrogen-bond acceptors (Lipinski definition) is 31. The highest BCUT2D eigenvalue weighted by Crippen LogP contribution is 2.44. The van der Waals surface area contributed by atoms with E-state index in [1.165, 1.54) is 55.5 Å². The zero-order valence-corrected chi connectivity index (χ0v) is 83.5. The molecular weight excluding hydrogens is 1930 g/mol. The standard InChI is InChI=1S/C26H25N5O6.C24H23N5O4.C13H21NO3Si.C12H18BrNO3Si.C8H7NO3.C7H7NO4.C7H7NO3/c1-3-30-23-17(25(34)29(2)20-7-5-10-27-24(20)30)12-16(13-28-23)9-11-36-21-8-4-6-19-18(21)15-37-26(35)31(19)14-22(32)33;1-3-29-21-16(23(30)28(2)19-7-5-10-25-22(19)29)12-15(13-26-21)9-11-32-20-8-4-6-18-17(20)14-33-24(31)27-18;1-10-11(14(15)16)8-7-9-12(10)17-18(5,6)13(2,3)4;1-9(2)18(3,4)17-12-7-5-6-11(14(15)16)10(12)8-13;10-7-3-1-2-6-5(7)4-12-8(11)9-6;9-4-5-6(8(11)12)2-1-3-7(5)10;1-5-6(8(10)11)3-2-4-7(5)9/h4-8,10,12-13H,3,9,11,14-15H2,1-2H3,(H,32,33);4-8,10,12-13H,3,9,11,14H2,1-2H3,(H,27,31);7-9H,1-6H3;5-7,9H,8H2,1-4H3;1-3,10H,4H2,(H,9,11);1-3,9-10H,4H2;2-4,9H,1H3.